The van der Waals surface area contributed by atoms with Crippen LogP contribution in [0.4, 0.5) is 5.69 Å². The fraction of sp³-hybridized carbons (Fsp3) is 0.200. The van der Waals surface area contributed by atoms with Crippen molar-refractivity contribution in [3.63, 3.8) is 0 Å². The van der Waals surface area contributed by atoms with Crippen LogP contribution in [0.15, 0.2) is 57.7 Å². The Hall–Kier alpha value is -3.08. The molecular formula is C20H17NO4. The Labute approximate surface area is 144 Å². The molecule has 0 radical (unpaired) electrons. The maximum Gasteiger partial charge on any atom is 0.349 e. The van der Waals surface area contributed by atoms with Gasteiger partial charge in [-0.1, -0.05) is 30.3 Å². The first kappa shape index (κ1) is 15.4. The van der Waals surface area contributed by atoms with Gasteiger partial charge < -0.3 is 14.1 Å². The molecule has 0 aliphatic carbocycles. The number of benzene rings is 2. The minimum Gasteiger partial charge on any atom is -0.493 e. The predicted octanol–water partition coefficient (Wildman–Crippen LogP) is 3.39. The molecule has 0 fully saturated rings. The van der Waals surface area contributed by atoms with Crippen molar-refractivity contribution >= 4 is 22.6 Å². The van der Waals surface area contributed by atoms with Crippen molar-refractivity contribution in [3.8, 4) is 5.75 Å². The highest BCUT2D eigenvalue weighted by atomic mass is 16.5. The lowest BCUT2D eigenvalue weighted by molar-refractivity contribution is 0.0978. The number of rotatable bonds is 2. The number of anilines is 1. The molecule has 2 aromatic carbocycles. The molecule has 4 rings (SSSR count). The quantitative estimate of drug-likeness (QED) is 0.674. The minimum atomic E-state index is -0.654. The smallest absolute Gasteiger partial charge is 0.349 e. The summed E-state index contributed by atoms with van der Waals surface area (Å²) < 4.78 is 10.6. The molecule has 5 heteroatoms. The van der Waals surface area contributed by atoms with Gasteiger partial charge in [0, 0.05) is 17.1 Å². The van der Waals surface area contributed by atoms with Crippen LogP contribution in [-0.2, 0) is 6.42 Å². The number of para-hydroxylation sites is 2. The van der Waals surface area contributed by atoms with Crippen LogP contribution in [-0.4, -0.2) is 19.1 Å². The Balaban J connectivity index is 1.84. The van der Waals surface area contributed by atoms with Crippen molar-refractivity contribution < 1.29 is 13.9 Å². The summed E-state index contributed by atoms with van der Waals surface area (Å²) in [6, 6.07) is 14.6. The van der Waals surface area contributed by atoms with Crippen LogP contribution in [0, 0.1) is 0 Å². The molecule has 3 aromatic rings. The molecule has 1 aliphatic rings. The van der Waals surface area contributed by atoms with E-state index < -0.39 is 5.63 Å². The van der Waals surface area contributed by atoms with Gasteiger partial charge in [0.2, 0.25) is 0 Å². The van der Waals surface area contributed by atoms with E-state index in [1.165, 1.54) is 7.11 Å². The Kier molecular flexibility index (Phi) is 3.57. The number of hydrogen-bond acceptors (Lipinski definition) is 4. The predicted molar refractivity (Wildman–Crippen MR) is 95.5 cm³/mol. The molecular weight excluding hydrogens is 318 g/mol. The van der Waals surface area contributed by atoms with E-state index in [9.17, 15) is 9.59 Å². The van der Waals surface area contributed by atoms with Crippen molar-refractivity contribution in [2.75, 3.05) is 12.0 Å². The average molecular weight is 335 g/mol. The van der Waals surface area contributed by atoms with Gasteiger partial charge in [-0.15, -0.1) is 0 Å². The molecule has 5 nitrogen and oxygen atoms in total. The van der Waals surface area contributed by atoms with E-state index in [-0.39, 0.29) is 17.5 Å². The number of amides is 1. The SMILES string of the molecule is COc1cccc2cc(C(=O)N3c4ccccc4C[C@H]3C)c(=O)oc12. The summed E-state index contributed by atoms with van der Waals surface area (Å²) in [4.78, 5) is 27.2. The van der Waals surface area contributed by atoms with Crippen molar-refractivity contribution in [1.82, 2.24) is 0 Å². The van der Waals surface area contributed by atoms with Gasteiger partial charge in [-0.3, -0.25) is 4.79 Å². The topological polar surface area (TPSA) is 59.8 Å². The maximum atomic E-state index is 13.1. The van der Waals surface area contributed by atoms with Crippen LogP contribution in [0.5, 0.6) is 5.75 Å². The third-order valence-corrected chi connectivity index (χ3v) is 4.60. The second kappa shape index (κ2) is 5.77. The number of nitrogens with zero attached hydrogens (tertiary/aromatic N) is 1. The van der Waals surface area contributed by atoms with Crippen LogP contribution in [0.3, 0.4) is 0 Å². The van der Waals surface area contributed by atoms with E-state index in [2.05, 4.69) is 0 Å². The van der Waals surface area contributed by atoms with Crippen molar-refractivity contribution in [1.29, 1.82) is 0 Å². The largest absolute Gasteiger partial charge is 0.493 e. The fourth-order valence-corrected chi connectivity index (χ4v) is 3.43. The highest BCUT2D eigenvalue weighted by Gasteiger charge is 2.33. The van der Waals surface area contributed by atoms with Gasteiger partial charge in [-0.2, -0.15) is 0 Å². The second-order valence-corrected chi connectivity index (χ2v) is 6.18. The second-order valence-electron chi connectivity index (χ2n) is 6.18. The molecule has 0 unspecified atom stereocenters. The lowest BCUT2D eigenvalue weighted by atomic mass is 10.1. The standard InChI is InChI=1S/C20H17NO4/c1-12-10-13-6-3-4-8-16(13)21(12)19(22)15-11-14-7-5-9-17(24-2)18(14)25-20(15)23/h3-9,11-12H,10H2,1-2H3/t12-/m1/s1. The number of carbonyl (C=O) groups is 1. The van der Waals surface area contributed by atoms with Crippen molar-refractivity contribution in [2.45, 2.75) is 19.4 Å². The molecule has 1 aromatic heterocycles. The zero-order chi connectivity index (χ0) is 17.6. The van der Waals surface area contributed by atoms with Crippen LogP contribution < -0.4 is 15.3 Å². The summed E-state index contributed by atoms with van der Waals surface area (Å²) in [5, 5.41) is 0.655. The van der Waals surface area contributed by atoms with E-state index >= 15 is 0 Å². The Bertz CT molecular complexity index is 1040. The van der Waals surface area contributed by atoms with Gasteiger partial charge in [-0.05, 0) is 37.1 Å². The first-order valence-corrected chi connectivity index (χ1v) is 8.12. The average Bonchev–Trinajstić information content (AvgIpc) is 2.95. The zero-order valence-electron chi connectivity index (χ0n) is 14.0. The first-order chi connectivity index (χ1) is 12.1. The van der Waals surface area contributed by atoms with E-state index in [4.69, 9.17) is 9.15 Å². The summed E-state index contributed by atoms with van der Waals surface area (Å²) in [6.07, 6.45) is 0.772. The normalized spacial score (nSPS) is 16.1. The third-order valence-electron chi connectivity index (χ3n) is 4.60. The zero-order valence-corrected chi connectivity index (χ0v) is 14.0. The highest BCUT2D eigenvalue weighted by molar-refractivity contribution is 6.08. The molecule has 0 N–H and O–H groups in total. The molecule has 1 atom stereocenters. The van der Waals surface area contributed by atoms with Crippen LogP contribution >= 0.6 is 0 Å². The monoisotopic (exact) mass is 335 g/mol. The van der Waals surface area contributed by atoms with Gasteiger partial charge in [0.1, 0.15) is 5.56 Å². The van der Waals surface area contributed by atoms with E-state index in [1.54, 1.807) is 29.2 Å². The highest BCUT2D eigenvalue weighted by Crippen LogP contribution is 2.33. The van der Waals surface area contributed by atoms with Gasteiger partial charge in [-0.25, -0.2) is 4.79 Å². The lowest BCUT2D eigenvalue weighted by Crippen LogP contribution is -2.38. The fourth-order valence-electron chi connectivity index (χ4n) is 3.43. The molecule has 1 amide bonds. The molecule has 0 saturated carbocycles. The molecule has 1 aliphatic heterocycles. The number of methoxy groups -OCH3 is 1. The molecule has 0 saturated heterocycles. The molecule has 0 spiro atoms. The van der Waals surface area contributed by atoms with Gasteiger partial charge in [0.05, 0.1) is 7.11 Å². The molecule has 0 bridgehead atoms. The Morgan fingerprint density at radius 1 is 1.20 bits per heavy atom. The van der Waals surface area contributed by atoms with Crippen molar-refractivity contribution in [2.24, 2.45) is 0 Å². The third kappa shape index (κ3) is 2.39. The van der Waals surface area contributed by atoms with Crippen LogP contribution in [0.1, 0.15) is 22.8 Å². The van der Waals surface area contributed by atoms with E-state index in [0.717, 1.165) is 17.7 Å². The molecule has 25 heavy (non-hydrogen) atoms. The van der Waals surface area contributed by atoms with E-state index in [1.807, 2.05) is 31.2 Å². The number of ether oxygens (including phenoxy) is 1. The van der Waals surface area contributed by atoms with E-state index in [0.29, 0.717) is 16.7 Å². The number of fused-ring (bicyclic) bond motifs is 2. The lowest BCUT2D eigenvalue weighted by Gasteiger charge is -2.22. The van der Waals surface area contributed by atoms with Gasteiger partial charge >= 0.3 is 5.63 Å². The van der Waals surface area contributed by atoms with Crippen LogP contribution in [0.25, 0.3) is 11.0 Å². The summed E-state index contributed by atoms with van der Waals surface area (Å²) >= 11 is 0. The number of hydrogen-bond donors (Lipinski definition) is 0. The maximum absolute atomic E-state index is 13.1. The molecule has 126 valence electrons. The van der Waals surface area contributed by atoms with Gasteiger partial charge in [0.25, 0.3) is 5.91 Å². The van der Waals surface area contributed by atoms with Crippen LogP contribution in [0.2, 0.25) is 0 Å². The minimum absolute atomic E-state index is 0.00898. The summed E-state index contributed by atoms with van der Waals surface area (Å²) in [6.45, 7) is 1.98. The Morgan fingerprint density at radius 3 is 2.80 bits per heavy atom. The number of carbonyl (C=O) groups excluding carboxylic acids is 1. The summed E-state index contributed by atoms with van der Waals surface area (Å²) in [7, 11) is 1.51. The van der Waals surface area contributed by atoms with Gasteiger partial charge in [0.15, 0.2) is 11.3 Å². The summed E-state index contributed by atoms with van der Waals surface area (Å²) in [5.74, 6) is 0.129. The molecule has 2 heterocycles. The first-order valence-electron chi connectivity index (χ1n) is 8.12. The Morgan fingerprint density at radius 2 is 2.00 bits per heavy atom. The van der Waals surface area contributed by atoms with Crippen molar-refractivity contribution in [3.05, 3.63) is 70.1 Å². The summed E-state index contributed by atoms with van der Waals surface area (Å²) in [5.41, 5.74) is 1.68.